The van der Waals surface area contributed by atoms with Gasteiger partial charge in [-0.2, -0.15) is 0 Å². The number of nitrogens with one attached hydrogen (secondary N) is 1. The zero-order chi connectivity index (χ0) is 15.6. The monoisotopic (exact) mass is 351 g/mol. The molecule has 3 N–H and O–H groups in total. The van der Waals surface area contributed by atoms with Crippen molar-refractivity contribution in [2.45, 2.75) is 0 Å². The van der Waals surface area contributed by atoms with Crippen molar-refractivity contribution < 1.29 is 9.13 Å². The number of benzene rings is 2. The van der Waals surface area contributed by atoms with Gasteiger partial charge in [-0.15, -0.1) is 0 Å². The predicted octanol–water partition coefficient (Wildman–Crippen LogP) is 3.73. The molecule has 0 aliphatic carbocycles. The number of ether oxygens (including phenoxy) is 1. The maximum atomic E-state index is 14.2. The summed E-state index contributed by atoms with van der Waals surface area (Å²) < 4.78 is 19.9. The molecule has 4 nitrogen and oxygen atoms in total. The summed E-state index contributed by atoms with van der Waals surface area (Å²) in [5.41, 5.74) is 6.62. The Morgan fingerprint density at radius 2 is 2.00 bits per heavy atom. The Morgan fingerprint density at radius 3 is 2.62 bits per heavy atom. The van der Waals surface area contributed by atoms with Crippen LogP contribution in [-0.4, -0.2) is 19.9 Å². The quantitative estimate of drug-likeness (QED) is 0.651. The fourth-order valence-corrected chi connectivity index (χ4v) is 2.31. The highest BCUT2D eigenvalue weighted by atomic mass is 79.9. The van der Waals surface area contributed by atoms with Crippen LogP contribution >= 0.6 is 15.9 Å². The summed E-state index contributed by atoms with van der Waals surface area (Å²) in [4.78, 5) is 1.93. The minimum Gasteiger partial charge on any atom is -0.454 e. The molecule has 110 valence electrons. The molecule has 6 heteroatoms. The standard InChI is InChI=1S/C15H15BrFN3O/c1-20(2)9-4-3-5-10(8-9)21-12-7-6-11(15(18)19)13(16)14(12)17/h3-8H,1-2H3,(H3,18,19). The van der Waals surface area contributed by atoms with Gasteiger partial charge in [-0.1, -0.05) is 6.07 Å². The molecule has 0 radical (unpaired) electrons. The van der Waals surface area contributed by atoms with E-state index in [1.165, 1.54) is 6.07 Å². The molecule has 2 aromatic carbocycles. The Morgan fingerprint density at radius 1 is 1.29 bits per heavy atom. The Labute approximate surface area is 131 Å². The highest BCUT2D eigenvalue weighted by Crippen LogP contribution is 2.32. The first-order valence-electron chi connectivity index (χ1n) is 6.17. The summed E-state index contributed by atoms with van der Waals surface area (Å²) in [6, 6.07) is 10.3. The molecule has 0 atom stereocenters. The van der Waals surface area contributed by atoms with Crippen molar-refractivity contribution in [3.8, 4) is 11.5 Å². The SMILES string of the molecule is CN(C)c1cccc(Oc2ccc(C(=N)N)c(Br)c2F)c1. The molecule has 0 aliphatic rings. The van der Waals surface area contributed by atoms with E-state index in [2.05, 4.69) is 15.9 Å². The van der Waals surface area contributed by atoms with Crippen LogP contribution in [0.3, 0.4) is 0 Å². The van der Waals surface area contributed by atoms with Gasteiger partial charge in [0.1, 0.15) is 11.6 Å². The molecule has 0 heterocycles. The molecule has 0 saturated heterocycles. The maximum absolute atomic E-state index is 14.2. The van der Waals surface area contributed by atoms with Crippen LogP contribution in [0.15, 0.2) is 40.9 Å². The molecule has 0 saturated carbocycles. The molecule has 21 heavy (non-hydrogen) atoms. The molecule has 0 aliphatic heterocycles. The molecule has 0 aromatic heterocycles. The Balaban J connectivity index is 2.34. The third kappa shape index (κ3) is 3.33. The second-order valence-corrected chi connectivity index (χ2v) is 5.44. The number of nitrogens with zero attached hydrogens (tertiary/aromatic N) is 1. The van der Waals surface area contributed by atoms with Crippen LogP contribution in [-0.2, 0) is 0 Å². The Bertz CT molecular complexity index is 689. The van der Waals surface area contributed by atoms with Crippen LogP contribution in [0.2, 0.25) is 0 Å². The van der Waals surface area contributed by atoms with Crippen molar-refractivity contribution in [1.29, 1.82) is 5.41 Å². The van der Waals surface area contributed by atoms with E-state index >= 15 is 0 Å². The van der Waals surface area contributed by atoms with Crippen LogP contribution in [0.5, 0.6) is 11.5 Å². The lowest BCUT2D eigenvalue weighted by atomic mass is 10.2. The Kier molecular flexibility index (Phi) is 4.47. The van der Waals surface area contributed by atoms with E-state index in [0.29, 0.717) is 11.3 Å². The summed E-state index contributed by atoms with van der Waals surface area (Å²) in [6.07, 6.45) is 0. The number of hydrogen-bond donors (Lipinski definition) is 2. The first kappa shape index (κ1) is 15.3. The fourth-order valence-electron chi connectivity index (χ4n) is 1.77. The lowest BCUT2D eigenvalue weighted by molar-refractivity contribution is 0.440. The van der Waals surface area contributed by atoms with Gasteiger partial charge in [0.2, 0.25) is 0 Å². The van der Waals surface area contributed by atoms with Crippen LogP contribution in [0.4, 0.5) is 10.1 Å². The van der Waals surface area contributed by atoms with E-state index in [4.69, 9.17) is 15.9 Å². The van der Waals surface area contributed by atoms with Crippen LogP contribution < -0.4 is 15.4 Å². The number of rotatable bonds is 4. The van der Waals surface area contributed by atoms with E-state index in [0.717, 1.165) is 5.69 Å². The van der Waals surface area contributed by atoms with Crippen LogP contribution in [0.1, 0.15) is 5.56 Å². The largest absolute Gasteiger partial charge is 0.454 e. The molecular formula is C15H15BrFN3O. The number of hydrogen-bond acceptors (Lipinski definition) is 3. The van der Waals surface area contributed by atoms with Gasteiger partial charge in [-0.25, -0.2) is 4.39 Å². The maximum Gasteiger partial charge on any atom is 0.180 e. The van der Waals surface area contributed by atoms with E-state index in [1.807, 2.05) is 37.2 Å². The zero-order valence-electron chi connectivity index (χ0n) is 11.7. The van der Waals surface area contributed by atoms with Gasteiger partial charge in [0.15, 0.2) is 11.6 Å². The van der Waals surface area contributed by atoms with Gasteiger partial charge in [-0.3, -0.25) is 5.41 Å². The normalized spacial score (nSPS) is 10.3. The Hall–Kier alpha value is -2.08. The molecule has 0 fully saturated rings. The topological polar surface area (TPSA) is 62.3 Å². The summed E-state index contributed by atoms with van der Waals surface area (Å²) >= 11 is 3.10. The molecule has 2 aromatic rings. The highest BCUT2D eigenvalue weighted by molar-refractivity contribution is 9.10. The van der Waals surface area contributed by atoms with Crippen molar-refractivity contribution in [3.63, 3.8) is 0 Å². The van der Waals surface area contributed by atoms with Gasteiger partial charge in [0.05, 0.1) is 4.47 Å². The van der Waals surface area contributed by atoms with E-state index in [-0.39, 0.29) is 16.1 Å². The van der Waals surface area contributed by atoms with Crippen molar-refractivity contribution >= 4 is 27.5 Å². The second kappa shape index (κ2) is 6.13. The summed E-state index contributed by atoms with van der Waals surface area (Å²) in [6.45, 7) is 0. The predicted molar refractivity (Wildman–Crippen MR) is 86.0 cm³/mol. The number of nitrogen functional groups attached to an aromatic ring is 1. The van der Waals surface area contributed by atoms with Gasteiger partial charge in [-0.05, 0) is 40.2 Å². The van der Waals surface area contributed by atoms with E-state index in [9.17, 15) is 4.39 Å². The van der Waals surface area contributed by atoms with E-state index < -0.39 is 5.82 Å². The molecule has 0 bridgehead atoms. The smallest absolute Gasteiger partial charge is 0.180 e. The number of amidine groups is 1. The average Bonchev–Trinajstić information content (AvgIpc) is 2.44. The molecule has 0 amide bonds. The molecule has 0 unspecified atom stereocenters. The number of nitrogens with two attached hydrogens (primary N) is 1. The van der Waals surface area contributed by atoms with Gasteiger partial charge in [0.25, 0.3) is 0 Å². The lowest BCUT2D eigenvalue weighted by Gasteiger charge is -2.15. The fraction of sp³-hybridized carbons (Fsp3) is 0.133. The van der Waals surface area contributed by atoms with Crippen molar-refractivity contribution in [3.05, 3.63) is 52.3 Å². The van der Waals surface area contributed by atoms with Crippen LogP contribution in [0.25, 0.3) is 0 Å². The first-order valence-corrected chi connectivity index (χ1v) is 6.97. The number of anilines is 1. The highest BCUT2D eigenvalue weighted by Gasteiger charge is 2.14. The summed E-state index contributed by atoms with van der Waals surface area (Å²) in [5.74, 6) is -0.190. The minimum atomic E-state index is -0.585. The lowest BCUT2D eigenvalue weighted by Crippen LogP contribution is -2.12. The van der Waals surface area contributed by atoms with Crippen molar-refractivity contribution in [2.24, 2.45) is 5.73 Å². The average molecular weight is 352 g/mol. The van der Waals surface area contributed by atoms with Crippen molar-refractivity contribution in [2.75, 3.05) is 19.0 Å². The third-order valence-electron chi connectivity index (χ3n) is 2.90. The summed E-state index contributed by atoms with van der Waals surface area (Å²) in [7, 11) is 3.83. The third-order valence-corrected chi connectivity index (χ3v) is 3.67. The van der Waals surface area contributed by atoms with Gasteiger partial charge < -0.3 is 15.4 Å². The number of halogens is 2. The first-order chi connectivity index (χ1) is 9.90. The zero-order valence-corrected chi connectivity index (χ0v) is 13.2. The summed E-state index contributed by atoms with van der Waals surface area (Å²) in [5, 5.41) is 7.37. The van der Waals surface area contributed by atoms with Crippen LogP contribution in [0, 0.1) is 11.2 Å². The van der Waals surface area contributed by atoms with Gasteiger partial charge >= 0.3 is 0 Å². The molecule has 2 rings (SSSR count). The minimum absolute atomic E-state index is 0.0720. The molecule has 0 spiro atoms. The van der Waals surface area contributed by atoms with E-state index in [1.54, 1.807) is 12.1 Å². The second-order valence-electron chi connectivity index (χ2n) is 4.65. The molecular weight excluding hydrogens is 337 g/mol. The van der Waals surface area contributed by atoms with Crippen molar-refractivity contribution in [1.82, 2.24) is 0 Å². The van der Waals surface area contributed by atoms with Gasteiger partial charge in [0, 0.05) is 31.4 Å².